The van der Waals surface area contributed by atoms with Crippen LogP contribution in [0.1, 0.15) is 13.8 Å². The highest BCUT2D eigenvalue weighted by atomic mass is 16.6. The summed E-state index contributed by atoms with van der Waals surface area (Å²) in [4.78, 5) is 25.4. The summed E-state index contributed by atoms with van der Waals surface area (Å²) in [5, 5.41) is 9.18. The molecule has 1 saturated heterocycles. The van der Waals surface area contributed by atoms with E-state index in [0.717, 1.165) is 0 Å². The van der Waals surface area contributed by atoms with Crippen LogP contribution in [0.5, 0.6) is 11.5 Å². The molecule has 0 aliphatic carbocycles. The number of amides is 1. The summed E-state index contributed by atoms with van der Waals surface area (Å²) >= 11 is 0. The lowest BCUT2D eigenvalue weighted by atomic mass is 9.99. The Balaban J connectivity index is 1.75. The second-order valence-electron chi connectivity index (χ2n) is 5.97. The van der Waals surface area contributed by atoms with Crippen LogP contribution in [0.3, 0.4) is 0 Å². The number of rotatable bonds is 2. The third kappa shape index (κ3) is 2.49. The van der Waals surface area contributed by atoms with E-state index in [2.05, 4.69) is 0 Å². The standard InChI is InChI=1S/C16H19NO5/c1-9-7-17(8-11(9)16(19)20)15(18)14-10(2)21-12-5-3-4-6-13(12)22-14/h3-6,9-11,14H,7-8H2,1-2H3,(H,19,20)/t9-,10?,11-,14?/m1/s1. The van der Waals surface area contributed by atoms with Crippen molar-refractivity contribution in [2.75, 3.05) is 13.1 Å². The van der Waals surface area contributed by atoms with Crippen LogP contribution < -0.4 is 9.47 Å². The number of carbonyl (C=O) groups excluding carboxylic acids is 1. The fourth-order valence-electron chi connectivity index (χ4n) is 3.04. The molecule has 3 rings (SSSR count). The Labute approximate surface area is 128 Å². The highest BCUT2D eigenvalue weighted by Crippen LogP contribution is 2.34. The van der Waals surface area contributed by atoms with E-state index in [1.807, 2.05) is 19.1 Å². The van der Waals surface area contributed by atoms with Crippen LogP contribution in [0.2, 0.25) is 0 Å². The quantitative estimate of drug-likeness (QED) is 0.893. The first-order valence-electron chi connectivity index (χ1n) is 7.41. The molecule has 1 amide bonds. The van der Waals surface area contributed by atoms with E-state index in [-0.39, 0.29) is 18.4 Å². The number of carboxylic acid groups (broad SMARTS) is 1. The molecule has 2 aliphatic heterocycles. The number of carboxylic acids is 1. The lowest BCUT2D eigenvalue weighted by Crippen LogP contribution is -2.50. The van der Waals surface area contributed by atoms with E-state index in [1.165, 1.54) is 0 Å². The van der Waals surface area contributed by atoms with Crippen molar-refractivity contribution in [3.05, 3.63) is 24.3 Å². The van der Waals surface area contributed by atoms with E-state index in [4.69, 9.17) is 9.47 Å². The molecule has 4 atom stereocenters. The molecule has 1 fully saturated rings. The number of hydrogen-bond donors (Lipinski definition) is 1. The van der Waals surface area contributed by atoms with E-state index in [1.54, 1.807) is 24.0 Å². The SMILES string of the molecule is CC1Oc2ccccc2OC1C(=O)N1C[C@@H](C)[C@H](C(=O)O)C1. The van der Waals surface area contributed by atoms with Crippen molar-refractivity contribution in [2.45, 2.75) is 26.1 Å². The summed E-state index contributed by atoms with van der Waals surface area (Å²) in [5.41, 5.74) is 0. The highest BCUT2D eigenvalue weighted by Gasteiger charge is 2.43. The van der Waals surface area contributed by atoms with Gasteiger partial charge in [0.25, 0.3) is 5.91 Å². The molecule has 6 heteroatoms. The van der Waals surface area contributed by atoms with Gasteiger partial charge in [-0.2, -0.15) is 0 Å². The van der Waals surface area contributed by atoms with Gasteiger partial charge in [-0.1, -0.05) is 19.1 Å². The van der Waals surface area contributed by atoms with Crippen molar-refractivity contribution in [2.24, 2.45) is 11.8 Å². The Morgan fingerprint density at radius 3 is 2.36 bits per heavy atom. The average molecular weight is 305 g/mol. The van der Waals surface area contributed by atoms with Gasteiger partial charge in [0.05, 0.1) is 5.92 Å². The first kappa shape index (κ1) is 14.7. The normalized spacial score (nSPS) is 30.2. The van der Waals surface area contributed by atoms with Crippen molar-refractivity contribution in [1.82, 2.24) is 4.90 Å². The molecule has 1 aromatic carbocycles. The van der Waals surface area contributed by atoms with Crippen molar-refractivity contribution in [1.29, 1.82) is 0 Å². The zero-order valence-corrected chi connectivity index (χ0v) is 12.6. The number of para-hydroxylation sites is 2. The smallest absolute Gasteiger partial charge is 0.308 e. The molecular weight excluding hydrogens is 286 g/mol. The molecule has 118 valence electrons. The molecule has 0 spiro atoms. The largest absolute Gasteiger partial charge is 0.482 e. The lowest BCUT2D eigenvalue weighted by Gasteiger charge is -2.33. The van der Waals surface area contributed by atoms with Gasteiger partial charge in [-0.15, -0.1) is 0 Å². The number of fused-ring (bicyclic) bond motifs is 1. The first-order chi connectivity index (χ1) is 10.5. The Morgan fingerprint density at radius 2 is 1.77 bits per heavy atom. The van der Waals surface area contributed by atoms with Gasteiger partial charge in [-0.25, -0.2) is 0 Å². The number of carbonyl (C=O) groups is 2. The fraction of sp³-hybridized carbons (Fsp3) is 0.500. The number of likely N-dealkylation sites (tertiary alicyclic amines) is 1. The predicted molar refractivity (Wildman–Crippen MR) is 77.8 cm³/mol. The summed E-state index contributed by atoms with van der Waals surface area (Å²) in [6.45, 7) is 4.29. The number of nitrogens with zero attached hydrogens (tertiary/aromatic N) is 1. The van der Waals surface area contributed by atoms with Gasteiger partial charge in [0, 0.05) is 13.1 Å². The fourth-order valence-corrected chi connectivity index (χ4v) is 3.04. The lowest BCUT2D eigenvalue weighted by molar-refractivity contribution is -0.144. The van der Waals surface area contributed by atoms with Gasteiger partial charge in [0.15, 0.2) is 11.5 Å². The molecule has 22 heavy (non-hydrogen) atoms. The minimum atomic E-state index is -0.859. The average Bonchev–Trinajstić information content (AvgIpc) is 2.88. The minimum Gasteiger partial charge on any atom is -0.482 e. The summed E-state index contributed by atoms with van der Waals surface area (Å²) < 4.78 is 11.5. The van der Waals surface area contributed by atoms with Crippen molar-refractivity contribution in [3.8, 4) is 11.5 Å². The topological polar surface area (TPSA) is 76.1 Å². The third-order valence-electron chi connectivity index (χ3n) is 4.33. The van der Waals surface area contributed by atoms with Crippen molar-refractivity contribution < 1.29 is 24.2 Å². The molecule has 1 N–H and O–H groups in total. The van der Waals surface area contributed by atoms with E-state index in [0.29, 0.717) is 18.0 Å². The van der Waals surface area contributed by atoms with Crippen molar-refractivity contribution >= 4 is 11.9 Å². The van der Waals surface area contributed by atoms with Crippen LogP contribution in [0, 0.1) is 11.8 Å². The molecular formula is C16H19NO5. The number of benzene rings is 1. The zero-order chi connectivity index (χ0) is 15.9. The third-order valence-corrected chi connectivity index (χ3v) is 4.33. The van der Waals surface area contributed by atoms with Crippen molar-refractivity contribution in [3.63, 3.8) is 0 Å². The zero-order valence-electron chi connectivity index (χ0n) is 12.6. The molecule has 2 aliphatic rings. The Hall–Kier alpha value is -2.24. The molecule has 0 saturated carbocycles. The molecule has 6 nitrogen and oxygen atoms in total. The summed E-state index contributed by atoms with van der Waals surface area (Å²) in [5.74, 6) is -0.484. The molecule has 0 radical (unpaired) electrons. The van der Waals surface area contributed by atoms with Crippen LogP contribution in [0.15, 0.2) is 24.3 Å². The van der Waals surface area contributed by atoms with Crippen LogP contribution in [-0.4, -0.2) is 47.2 Å². The maximum Gasteiger partial charge on any atom is 0.308 e. The van der Waals surface area contributed by atoms with Crippen LogP contribution in [0.4, 0.5) is 0 Å². The van der Waals surface area contributed by atoms with Gasteiger partial charge >= 0.3 is 5.97 Å². The maximum absolute atomic E-state index is 12.7. The second kappa shape index (κ2) is 5.51. The van der Waals surface area contributed by atoms with Crippen LogP contribution >= 0.6 is 0 Å². The number of hydrogen-bond acceptors (Lipinski definition) is 4. The van der Waals surface area contributed by atoms with Gasteiger partial charge < -0.3 is 19.5 Å². The maximum atomic E-state index is 12.7. The molecule has 2 unspecified atom stereocenters. The molecule has 0 bridgehead atoms. The number of aliphatic carboxylic acids is 1. The van der Waals surface area contributed by atoms with Crippen LogP contribution in [-0.2, 0) is 9.59 Å². The highest BCUT2D eigenvalue weighted by molar-refractivity contribution is 5.84. The molecule has 0 aromatic heterocycles. The van der Waals surface area contributed by atoms with Gasteiger partial charge in [-0.3, -0.25) is 9.59 Å². The summed E-state index contributed by atoms with van der Waals surface area (Å²) in [7, 11) is 0. The van der Waals surface area contributed by atoms with Gasteiger partial charge in [0.1, 0.15) is 6.10 Å². The molecule has 2 heterocycles. The predicted octanol–water partition coefficient (Wildman–Crippen LogP) is 1.39. The Bertz CT molecular complexity index is 602. The van der Waals surface area contributed by atoms with E-state index in [9.17, 15) is 14.7 Å². The number of ether oxygens (including phenoxy) is 2. The van der Waals surface area contributed by atoms with E-state index < -0.39 is 24.1 Å². The minimum absolute atomic E-state index is 0.0615. The summed E-state index contributed by atoms with van der Waals surface area (Å²) in [6, 6.07) is 7.22. The van der Waals surface area contributed by atoms with Gasteiger partial charge in [-0.05, 0) is 25.0 Å². The molecule has 1 aromatic rings. The Kier molecular flexibility index (Phi) is 3.68. The monoisotopic (exact) mass is 305 g/mol. The Morgan fingerprint density at radius 1 is 1.14 bits per heavy atom. The second-order valence-corrected chi connectivity index (χ2v) is 5.97. The summed E-state index contributed by atoms with van der Waals surface area (Å²) in [6.07, 6.45) is -1.16. The van der Waals surface area contributed by atoms with E-state index >= 15 is 0 Å². The van der Waals surface area contributed by atoms with Gasteiger partial charge in [0.2, 0.25) is 6.10 Å². The van der Waals surface area contributed by atoms with Crippen LogP contribution in [0.25, 0.3) is 0 Å². The first-order valence-corrected chi connectivity index (χ1v) is 7.41.